The molecule has 1 aromatic rings. The lowest BCUT2D eigenvalue weighted by Gasteiger charge is -2.33. The highest BCUT2D eigenvalue weighted by atomic mass is 32.2. The number of amides is 2. The Balaban J connectivity index is 1.89. The summed E-state index contributed by atoms with van der Waals surface area (Å²) in [5.74, 6) is 0.138. The van der Waals surface area contributed by atoms with E-state index >= 15 is 0 Å². The van der Waals surface area contributed by atoms with E-state index in [1.807, 2.05) is 6.26 Å². The second kappa shape index (κ2) is 12.2. The van der Waals surface area contributed by atoms with E-state index in [4.69, 9.17) is 14.2 Å². The highest BCUT2D eigenvalue weighted by Gasteiger charge is 2.28. The molecule has 0 aromatic carbocycles. The summed E-state index contributed by atoms with van der Waals surface area (Å²) in [6.07, 6.45) is 4.91. The van der Waals surface area contributed by atoms with E-state index in [2.05, 4.69) is 15.0 Å². The zero-order chi connectivity index (χ0) is 21.9. The van der Waals surface area contributed by atoms with Gasteiger partial charge in [-0.1, -0.05) is 0 Å². The first kappa shape index (κ1) is 23.7. The number of hydrogen-bond acceptors (Lipinski definition) is 9. The van der Waals surface area contributed by atoms with Crippen LogP contribution in [-0.4, -0.2) is 92.5 Å². The minimum atomic E-state index is -0.695. The molecule has 1 unspecified atom stereocenters. The largest absolute Gasteiger partial charge is 0.489 e. The Labute approximate surface area is 179 Å². The van der Waals surface area contributed by atoms with Crippen LogP contribution in [-0.2, 0) is 19.0 Å². The molecular weight excluding hydrogens is 414 g/mol. The van der Waals surface area contributed by atoms with Crippen LogP contribution >= 0.6 is 11.8 Å². The van der Waals surface area contributed by atoms with Crippen LogP contribution in [0.15, 0.2) is 18.5 Å². The number of morpholine rings is 1. The Hall–Kier alpha value is -2.53. The van der Waals surface area contributed by atoms with Crippen LogP contribution in [0.1, 0.15) is 16.8 Å². The predicted molar refractivity (Wildman–Crippen MR) is 110 cm³/mol. The van der Waals surface area contributed by atoms with E-state index < -0.39 is 18.0 Å². The second-order valence-corrected chi connectivity index (χ2v) is 7.44. The topological polar surface area (TPSA) is 116 Å². The normalized spacial score (nSPS) is 17.0. The number of methoxy groups -OCH3 is 2. The van der Waals surface area contributed by atoms with E-state index in [-0.39, 0.29) is 24.3 Å². The molecule has 1 N–H and O–H groups in total. The molecule has 30 heavy (non-hydrogen) atoms. The van der Waals surface area contributed by atoms with Crippen molar-refractivity contribution in [1.29, 1.82) is 0 Å². The van der Waals surface area contributed by atoms with Gasteiger partial charge in [-0.2, -0.15) is 11.8 Å². The Morgan fingerprint density at radius 2 is 2.13 bits per heavy atom. The molecule has 1 saturated heterocycles. The Morgan fingerprint density at radius 3 is 2.83 bits per heavy atom. The number of nitrogens with zero attached hydrogens (tertiary/aromatic N) is 2. The van der Waals surface area contributed by atoms with Crippen LogP contribution in [0.3, 0.4) is 0 Å². The van der Waals surface area contributed by atoms with Gasteiger partial charge in [-0.25, -0.2) is 14.4 Å². The highest BCUT2D eigenvalue weighted by molar-refractivity contribution is 7.98. The molecule has 11 heteroatoms. The van der Waals surface area contributed by atoms with Crippen molar-refractivity contribution in [2.45, 2.75) is 18.6 Å². The Morgan fingerprint density at radius 1 is 1.33 bits per heavy atom. The third-order valence-corrected chi connectivity index (χ3v) is 5.03. The maximum Gasteiger partial charge on any atom is 0.339 e. The number of aromatic nitrogens is 1. The van der Waals surface area contributed by atoms with Gasteiger partial charge in [0.1, 0.15) is 24.5 Å². The number of hydrogen-bond donors (Lipinski definition) is 1. The van der Waals surface area contributed by atoms with Crippen LogP contribution in [0.5, 0.6) is 5.75 Å². The quantitative estimate of drug-likeness (QED) is 0.559. The molecule has 1 fully saturated rings. The van der Waals surface area contributed by atoms with Gasteiger partial charge in [-0.05, 0) is 24.5 Å². The van der Waals surface area contributed by atoms with E-state index in [1.165, 1.54) is 32.7 Å². The molecule has 10 nitrogen and oxygen atoms in total. The van der Waals surface area contributed by atoms with Crippen LogP contribution < -0.4 is 10.1 Å². The summed E-state index contributed by atoms with van der Waals surface area (Å²) in [5, 5.41) is 2.73. The molecule has 2 amide bonds. The second-order valence-electron chi connectivity index (χ2n) is 6.46. The number of ether oxygens (including phenoxy) is 4. The maximum atomic E-state index is 12.6. The first-order valence-corrected chi connectivity index (χ1v) is 10.8. The van der Waals surface area contributed by atoms with Gasteiger partial charge < -0.3 is 29.2 Å². The van der Waals surface area contributed by atoms with Crippen molar-refractivity contribution >= 4 is 29.7 Å². The molecule has 2 heterocycles. The lowest BCUT2D eigenvalue weighted by molar-refractivity contribution is -0.143. The molecule has 1 aliphatic rings. The number of urea groups is 1. The van der Waals surface area contributed by atoms with Crippen molar-refractivity contribution < 1.29 is 33.3 Å². The first-order chi connectivity index (χ1) is 14.5. The molecule has 1 aliphatic heterocycles. The van der Waals surface area contributed by atoms with Crippen LogP contribution in [0.4, 0.5) is 4.79 Å². The van der Waals surface area contributed by atoms with Gasteiger partial charge in [0, 0.05) is 12.7 Å². The molecule has 1 aromatic heterocycles. The highest BCUT2D eigenvalue weighted by Crippen LogP contribution is 2.14. The minimum Gasteiger partial charge on any atom is -0.489 e. The monoisotopic (exact) mass is 441 g/mol. The number of carbonyl (C=O) groups is 3. The Kier molecular flexibility index (Phi) is 9.68. The molecule has 2 atom stereocenters. The third kappa shape index (κ3) is 7.06. The molecule has 0 spiro atoms. The van der Waals surface area contributed by atoms with Gasteiger partial charge in [0.25, 0.3) is 0 Å². The van der Waals surface area contributed by atoms with Crippen molar-refractivity contribution in [1.82, 2.24) is 15.2 Å². The molecule has 0 bridgehead atoms. The summed E-state index contributed by atoms with van der Waals surface area (Å²) in [6, 6.07) is 0.479. The van der Waals surface area contributed by atoms with Gasteiger partial charge in [0.05, 0.1) is 39.1 Å². The van der Waals surface area contributed by atoms with Crippen LogP contribution in [0.25, 0.3) is 0 Å². The van der Waals surface area contributed by atoms with Crippen LogP contribution in [0, 0.1) is 0 Å². The lowest BCUT2D eigenvalue weighted by Crippen LogP contribution is -2.54. The summed E-state index contributed by atoms with van der Waals surface area (Å²) in [5.41, 5.74) is 0.277. The minimum absolute atomic E-state index is 0.170. The van der Waals surface area contributed by atoms with Crippen molar-refractivity contribution in [2.75, 3.05) is 52.5 Å². The molecule has 0 saturated carbocycles. The fourth-order valence-electron chi connectivity index (χ4n) is 2.79. The van der Waals surface area contributed by atoms with E-state index in [1.54, 1.807) is 16.7 Å². The average molecular weight is 442 g/mol. The third-order valence-electron chi connectivity index (χ3n) is 4.39. The summed E-state index contributed by atoms with van der Waals surface area (Å²) in [6.45, 7) is 1.21. The van der Waals surface area contributed by atoms with E-state index in [0.717, 1.165) is 5.75 Å². The fraction of sp³-hybridized carbons (Fsp3) is 0.579. The maximum absolute atomic E-state index is 12.6. The fourth-order valence-corrected chi connectivity index (χ4v) is 3.26. The summed E-state index contributed by atoms with van der Waals surface area (Å²) in [4.78, 5) is 41.6. The van der Waals surface area contributed by atoms with Crippen molar-refractivity contribution in [3.63, 3.8) is 0 Å². The zero-order valence-electron chi connectivity index (χ0n) is 17.3. The zero-order valence-corrected chi connectivity index (χ0v) is 18.1. The van der Waals surface area contributed by atoms with Gasteiger partial charge >= 0.3 is 18.0 Å². The van der Waals surface area contributed by atoms with E-state index in [9.17, 15) is 14.4 Å². The van der Waals surface area contributed by atoms with Gasteiger partial charge in [0.15, 0.2) is 0 Å². The predicted octanol–water partition coefficient (Wildman–Crippen LogP) is 0.952. The number of thioether (sulfide) groups is 1. The summed E-state index contributed by atoms with van der Waals surface area (Å²) < 4.78 is 20.8. The summed E-state index contributed by atoms with van der Waals surface area (Å²) >= 11 is 1.59. The number of carbonyl (C=O) groups excluding carboxylic acids is 3. The number of pyridine rings is 1. The molecule has 0 aliphatic carbocycles. The van der Waals surface area contributed by atoms with Crippen molar-refractivity contribution in [2.24, 2.45) is 0 Å². The van der Waals surface area contributed by atoms with Crippen molar-refractivity contribution in [3.05, 3.63) is 24.0 Å². The Bertz CT molecular complexity index is 734. The number of esters is 2. The smallest absolute Gasteiger partial charge is 0.339 e. The van der Waals surface area contributed by atoms with Gasteiger partial charge in [-0.15, -0.1) is 0 Å². The molecular formula is C19H27N3O7S. The molecule has 0 radical (unpaired) electrons. The molecule has 2 rings (SSSR count). The number of nitrogens with one attached hydrogen (secondary N) is 1. The average Bonchev–Trinajstić information content (AvgIpc) is 2.79. The standard InChI is InChI=1S/C19H27N3O7S/c1-26-17(23)13-8-14(10-20-9-13)29-12-15-11-22(5-6-28-15)19(25)21-16(4-7-30-3)18(24)27-2/h8-10,15-16H,4-7,11-12H2,1-3H3,(H,21,25)/t15?,16-/m0/s1. The molecule has 166 valence electrons. The van der Waals surface area contributed by atoms with Gasteiger partial charge in [0.2, 0.25) is 0 Å². The van der Waals surface area contributed by atoms with E-state index in [0.29, 0.717) is 31.9 Å². The number of rotatable bonds is 9. The van der Waals surface area contributed by atoms with Crippen LogP contribution in [0.2, 0.25) is 0 Å². The lowest BCUT2D eigenvalue weighted by atomic mass is 10.2. The SMILES string of the molecule is COC(=O)c1cncc(OCC2CN(C(=O)N[C@@H](CCSC)C(=O)OC)CCO2)c1. The first-order valence-electron chi connectivity index (χ1n) is 9.38. The summed E-state index contributed by atoms with van der Waals surface area (Å²) in [7, 11) is 2.59. The van der Waals surface area contributed by atoms with Crippen molar-refractivity contribution in [3.8, 4) is 5.75 Å². The van der Waals surface area contributed by atoms with Gasteiger partial charge in [-0.3, -0.25) is 4.98 Å².